The van der Waals surface area contributed by atoms with Crippen LogP contribution in [0.15, 0.2) is 35.2 Å². The van der Waals surface area contributed by atoms with E-state index in [4.69, 9.17) is 0 Å². The first-order valence-electron chi connectivity index (χ1n) is 6.41. The number of thioether (sulfide) groups is 2. The molecule has 0 amide bonds. The van der Waals surface area contributed by atoms with Crippen LogP contribution in [0, 0.1) is 5.92 Å². The molecule has 0 saturated carbocycles. The third-order valence-corrected chi connectivity index (χ3v) is 5.13. The molecule has 0 unspecified atom stereocenters. The van der Waals surface area contributed by atoms with Crippen LogP contribution in [0.25, 0.3) is 0 Å². The van der Waals surface area contributed by atoms with Crippen molar-refractivity contribution < 1.29 is 0 Å². The summed E-state index contributed by atoms with van der Waals surface area (Å²) < 4.78 is 0. The van der Waals surface area contributed by atoms with E-state index in [2.05, 4.69) is 47.4 Å². The van der Waals surface area contributed by atoms with Crippen molar-refractivity contribution in [3.05, 3.63) is 30.3 Å². The molecule has 0 bridgehead atoms. The Bertz CT molecular complexity index is 296. The Kier molecular flexibility index (Phi) is 6.32. The van der Waals surface area contributed by atoms with Crippen molar-refractivity contribution in [3.8, 4) is 0 Å². The molecule has 1 N–H and O–H groups in total. The third-order valence-electron chi connectivity index (χ3n) is 3.06. The fraction of sp³-hybridized carbons (Fsp3) is 0.571. The van der Waals surface area contributed by atoms with Gasteiger partial charge < -0.3 is 5.32 Å². The summed E-state index contributed by atoms with van der Waals surface area (Å²) in [4.78, 5) is 1.38. The molecule has 94 valence electrons. The maximum Gasteiger partial charge on any atom is 0.0106 e. The SMILES string of the molecule is c1ccc(SCCNCC2CCSCC2)cc1. The van der Waals surface area contributed by atoms with Crippen molar-refractivity contribution in [2.75, 3.05) is 30.3 Å². The van der Waals surface area contributed by atoms with Gasteiger partial charge >= 0.3 is 0 Å². The van der Waals surface area contributed by atoms with Gasteiger partial charge in [-0.1, -0.05) is 18.2 Å². The average Bonchev–Trinajstić information content (AvgIpc) is 2.41. The Hall–Kier alpha value is -0.120. The van der Waals surface area contributed by atoms with E-state index in [-0.39, 0.29) is 0 Å². The Labute approximate surface area is 113 Å². The second-order valence-corrected chi connectivity index (χ2v) is 6.81. The molecule has 0 aliphatic carbocycles. The third kappa shape index (κ3) is 5.36. The fourth-order valence-corrected chi connectivity index (χ4v) is 4.05. The molecule has 1 heterocycles. The molecule has 1 aromatic rings. The van der Waals surface area contributed by atoms with Crippen LogP contribution in [0.3, 0.4) is 0 Å². The van der Waals surface area contributed by atoms with E-state index >= 15 is 0 Å². The molecular weight excluding hydrogens is 246 g/mol. The van der Waals surface area contributed by atoms with E-state index in [1.54, 1.807) is 0 Å². The molecule has 1 fully saturated rings. The topological polar surface area (TPSA) is 12.0 Å². The zero-order chi connectivity index (χ0) is 11.8. The standard InChI is InChI=1S/C14H21NS2/c1-2-4-14(5-3-1)17-11-8-15-12-13-6-9-16-10-7-13/h1-5,13,15H,6-12H2. The summed E-state index contributed by atoms with van der Waals surface area (Å²) in [5.74, 6) is 4.83. The number of nitrogens with one attached hydrogen (secondary N) is 1. The Balaban J connectivity index is 1.51. The zero-order valence-corrected chi connectivity index (χ0v) is 11.9. The molecule has 0 atom stereocenters. The average molecular weight is 267 g/mol. The lowest BCUT2D eigenvalue weighted by Gasteiger charge is -2.21. The summed E-state index contributed by atoms with van der Waals surface area (Å²) in [6.07, 6.45) is 2.81. The minimum absolute atomic E-state index is 0.929. The van der Waals surface area contributed by atoms with Crippen LogP contribution in [0.2, 0.25) is 0 Å². The Morgan fingerprint density at radius 1 is 1.18 bits per heavy atom. The molecule has 17 heavy (non-hydrogen) atoms. The van der Waals surface area contributed by atoms with Gasteiger partial charge in [0.15, 0.2) is 0 Å². The molecule has 1 saturated heterocycles. The molecule has 3 heteroatoms. The predicted molar refractivity (Wildman–Crippen MR) is 80.1 cm³/mol. The van der Waals surface area contributed by atoms with Crippen LogP contribution in [0.1, 0.15) is 12.8 Å². The van der Waals surface area contributed by atoms with Gasteiger partial charge in [0.25, 0.3) is 0 Å². The first kappa shape index (κ1) is 13.3. The molecule has 0 radical (unpaired) electrons. The lowest BCUT2D eigenvalue weighted by molar-refractivity contribution is 0.455. The van der Waals surface area contributed by atoms with Gasteiger partial charge in [-0.3, -0.25) is 0 Å². The summed E-state index contributed by atoms with van der Waals surface area (Å²) in [5, 5.41) is 3.60. The normalized spacial score (nSPS) is 17.2. The summed E-state index contributed by atoms with van der Waals surface area (Å²) in [6.45, 7) is 2.35. The van der Waals surface area contributed by atoms with Gasteiger partial charge in [0.1, 0.15) is 0 Å². The van der Waals surface area contributed by atoms with Gasteiger partial charge in [-0.05, 0) is 48.9 Å². The molecule has 1 nitrogen and oxygen atoms in total. The Morgan fingerprint density at radius 3 is 2.71 bits per heavy atom. The molecule has 2 rings (SSSR count). The van der Waals surface area contributed by atoms with Crippen LogP contribution in [0.4, 0.5) is 0 Å². The number of rotatable bonds is 6. The maximum absolute atomic E-state index is 3.60. The monoisotopic (exact) mass is 267 g/mol. The van der Waals surface area contributed by atoms with Gasteiger partial charge in [0.05, 0.1) is 0 Å². The van der Waals surface area contributed by atoms with Crippen LogP contribution in [-0.4, -0.2) is 30.3 Å². The number of hydrogen-bond acceptors (Lipinski definition) is 3. The van der Waals surface area contributed by atoms with E-state index in [0.717, 1.165) is 12.5 Å². The van der Waals surface area contributed by atoms with Crippen molar-refractivity contribution in [3.63, 3.8) is 0 Å². The van der Waals surface area contributed by atoms with E-state index < -0.39 is 0 Å². The van der Waals surface area contributed by atoms with Gasteiger partial charge in [-0.2, -0.15) is 11.8 Å². The first-order chi connectivity index (χ1) is 8.45. The largest absolute Gasteiger partial charge is 0.316 e. The van der Waals surface area contributed by atoms with Gasteiger partial charge in [0.2, 0.25) is 0 Å². The van der Waals surface area contributed by atoms with Crippen molar-refractivity contribution in [1.82, 2.24) is 5.32 Å². The lowest BCUT2D eigenvalue weighted by Crippen LogP contribution is -2.27. The van der Waals surface area contributed by atoms with Gasteiger partial charge in [-0.25, -0.2) is 0 Å². The van der Waals surface area contributed by atoms with Crippen LogP contribution in [0.5, 0.6) is 0 Å². The molecular formula is C14H21NS2. The minimum Gasteiger partial charge on any atom is -0.316 e. The summed E-state index contributed by atoms with van der Waals surface area (Å²) >= 11 is 4.05. The highest BCUT2D eigenvalue weighted by atomic mass is 32.2. The summed E-state index contributed by atoms with van der Waals surface area (Å²) in [5.41, 5.74) is 0. The van der Waals surface area contributed by atoms with Crippen molar-refractivity contribution in [2.45, 2.75) is 17.7 Å². The van der Waals surface area contributed by atoms with E-state index in [1.807, 2.05) is 11.8 Å². The first-order valence-corrected chi connectivity index (χ1v) is 8.55. The quantitative estimate of drug-likeness (QED) is 0.626. The number of hydrogen-bond donors (Lipinski definition) is 1. The minimum atomic E-state index is 0.929. The molecule has 1 aromatic carbocycles. The molecule has 1 aliphatic rings. The lowest BCUT2D eigenvalue weighted by atomic mass is 10.0. The smallest absolute Gasteiger partial charge is 0.0106 e. The van der Waals surface area contributed by atoms with Crippen molar-refractivity contribution in [1.29, 1.82) is 0 Å². The molecule has 1 aliphatic heterocycles. The highest BCUT2D eigenvalue weighted by molar-refractivity contribution is 7.99. The summed E-state index contributed by atoms with van der Waals surface area (Å²) in [7, 11) is 0. The molecule has 0 aromatic heterocycles. The Morgan fingerprint density at radius 2 is 1.94 bits per heavy atom. The number of benzene rings is 1. The van der Waals surface area contributed by atoms with Crippen LogP contribution < -0.4 is 5.32 Å². The second-order valence-electron chi connectivity index (χ2n) is 4.42. The van der Waals surface area contributed by atoms with Crippen molar-refractivity contribution >= 4 is 23.5 Å². The van der Waals surface area contributed by atoms with Crippen LogP contribution in [-0.2, 0) is 0 Å². The predicted octanol–water partition coefficient (Wildman–Crippen LogP) is 3.51. The van der Waals surface area contributed by atoms with E-state index in [0.29, 0.717) is 0 Å². The van der Waals surface area contributed by atoms with Crippen LogP contribution >= 0.6 is 23.5 Å². The van der Waals surface area contributed by atoms with Crippen molar-refractivity contribution in [2.24, 2.45) is 5.92 Å². The second kappa shape index (κ2) is 8.06. The van der Waals surface area contributed by atoms with E-state index in [9.17, 15) is 0 Å². The fourth-order valence-electron chi connectivity index (χ4n) is 2.01. The zero-order valence-electron chi connectivity index (χ0n) is 10.2. The molecule has 0 spiro atoms. The van der Waals surface area contributed by atoms with E-state index in [1.165, 1.54) is 41.5 Å². The highest BCUT2D eigenvalue weighted by Crippen LogP contribution is 2.22. The summed E-state index contributed by atoms with van der Waals surface area (Å²) in [6, 6.07) is 10.7. The maximum atomic E-state index is 3.60. The van der Waals surface area contributed by atoms with Gasteiger partial charge in [0, 0.05) is 17.2 Å². The highest BCUT2D eigenvalue weighted by Gasteiger charge is 2.12. The van der Waals surface area contributed by atoms with Gasteiger partial charge in [-0.15, -0.1) is 11.8 Å².